The first-order valence-electron chi connectivity index (χ1n) is 7.45. The van der Waals surface area contributed by atoms with E-state index in [2.05, 4.69) is 21.2 Å². The van der Waals surface area contributed by atoms with Crippen molar-refractivity contribution in [3.05, 3.63) is 0 Å². The van der Waals surface area contributed by atoms with Crippen molar-refractivity contribution in [3.63, 3.8) is 0 Å². The third-order valence-corrected chi connectivity index (χ3v) is 4.48. The highest BCUT2D eigenvalue weighted by atomic mass is 79.9. The molecule has 5 heteroatoms. The van der Waals surface area contributed by atoms with Gasteiger partial charge in [-0.15, -0.1) is 0 Å². The minimum Gasteiger partial charge on any atom is -0.444 e. The third kappa shape index (κ3) is 6.93. The Morgan fingerprint density at radius 1 is 1.20 bits per heavy atom. The number of alkyl halides is 1. The Labute approximate surface area is 131 Å². The van der Waals surface area contributed by atoms with Gasteiger partial charge in [-0.05, 0) is 40.5 Å². The molecular weight excluding hydrogens is 322 g/mol. The molecule has 1 amide bonds. The lowest BCUT2D eigenvalue weighted by Crippen LogP contribution is -2.47. The number of hydrogen-bond donors (Lipinski definition) is 1. The number of hydrogen-bond acceptors (Lipinski definition) is 3. The van der Waals surface area contributed by atoms with Gasteiger partial charge < -0.3 is 14.8 Å². The Hall–Kier alpha value is -0.290. The first-order chi connectivity index (χ1) is 9.24. The SMILES string of the molecule is CC(C)(C)OC(=O)NCC(C)(CBr)OC1CCCCC1. The fraction of sp³-hybridized carbons (Fsp3) is 0.933. The predicted octanol–water partition coefficient (Wildman–Crippen LogP) is 4.01. The molecule has 1 unspecified atom stereocenters. The summed E-state index contributed by atoms with van der Waals surface area (Å²) in [6.45, 7) is 8.04. The van der Waals surface area contributed by atoms with Crippen LogP contribution in [0.25, 0.3) is 0 Å². The second-order valence-corrected chi connectivity index (χ2v) is 7.38. The zero-order valence-corrected chi connectivity index (χ0v) is 14.7. The van der Waals surface area contributed by atoms with Crippen LogP contribution in [0, 0.1) is 0 Å². The molecule has 0 radical (unpaired) electrons. The van der Waals surface area contributed by atoms with Crippen LogP contribution >= 0.6 is 15.9 Å². The van der Waals surface area contributed by atoms with Crippen molar-refractivity contribution < 1.29 is 14.3 Å². The van der Waals surface area contributed by atoms with Crippen molar-refractivity contribution in [2.24, 2.45) is 0 Å². The molecule has 1 aliphatic carbocycles. The van der Waals surface area contributed by atoms with E-state index in [-0.39, 0.29) is 5.60 Å². The number of carbonyl (C=O) groups is 1. The summed E-state index contributed by atoms with van der Waals surface area (Å²) in [7, 11) is 0. The minimum atomic E-state index is -0.473. The normalized spacial score (nSPS) is 20.2. The van der Waals surface area contributed by atoms with Crippen molar-refractivity contribution >= 4 is 22.0 Å². The van der Waals surface area contributed by atoms with Gasteiger partial charge >= 0.3 is 6.09 Å². The Balaban J connectivity index is 2.41. The molecule has 118 valence electrons. The van der Waals surface area contributed by atoms with E-state index < -0.39 is 11.7 Å². The van der Waals surface area contributed by atoms with Gasteiger partial charge in [-0.3, -0.25) is 0 Å². The molecule has 0 aromatic rings. The lowest BCUT2D eigenvalue weighted by Gasteiger charge is -2.34. The molecule has 0 heterocycles. The Morgan fingerprint density at radius 3 is 2.30 bits per heavy atom. The molecule has 0 aromatic carbocycles. The maximum Gasteiger partial charge on any atom is 0.407 e. The Bertz CT molecular complexity index is 311. The van der Waals surface area contributed by atoms with Gasteiger partial charge in [0.2, 0.25) is 0 Å². The van der Waals surface area contributed by atoms with Gasteiger partial charge in [0.15, 0.2) is 0 Å². The highest BCUT2D eigenvalue weighted by Crippen LogP contribution is 2.26. The van der Waals surface area contributed by atoms with Crippen molar-refractivity contribution in [1.82, 2.24) is 5.32 Å². The molecule has 1 fully saturated rings. The monoisotopic (exact) mass is 349 g/mol. The van der Waals surface area contributed by atoms with Gasteiger partial charge in [-0.25, -0.2) is 4.79 Å². The number of rotatable bonds is 5. The van der Waals surface area contributed by atoms with Crippen molar-refractivity contribution in [1.29, 1.82) is 0 Å². The van der Waals surface area contributed by atoms with Gasteiger partial charge in [0.05, 0.1) is 18.2 Å². The maximum atomic E-state index is 11.7. The lowest BCUT2D eigenvalue weighted by molar-refractivity contribution is -0.0793. The zero-order chi connectivity index (χ0) is 15.2. The topological polar surface area (TPSA) is 47.6 Å². The van der Waals surface area contributed by atoms with Crippen LogP contribution in [0.4, 0.5) is 4.79 Å². The molecule has 20 heavy (non-hydrogen) atoms. The quantitative estimate of drug-likeness (QED) is 0.762. The van der Waals surface area contributed by atoms with Crippen LogP contribution in [0.1, 0.15) is 59.8 Å². The Morgan fingerprint density at radius 2 is 1.80 bits per heavy atom. The van der Waals surface area contributed by atoms with E-state index in [0.717, 1.165) is 12.8 Å². The third-order valence-electron chi connectivity index (χ3n) is 3.29. The van der Waals surface area contributed by atoms with Crippen LogP contribution in [-0.4, -0.2) is 35.3 Å². The van der Waals surface area contributed by atoms with E-state index in [9.17, 15) is 4.79 Å². The summed E-state index contributed by atoms with van der Waals surface area (Å²) in [5.74, 6) is 0. The molecule has 1 aliphatic rings. The zero-order valence-electron chi connectivity index (χ0n) is 13.1. The van der Waals surface area contributed by atoms with Gasteiger partial charge in [0, 0.05) is 5.33 Å². The van der Waals surface area contributed by atoms with Crippen molar-refractivity contribution in [2.45, 2.75) is 77.1 Å². The maximum absolute atomic E-state index is 11.7. The highest BCUT2D eigenvalue weighted by molar-refractivity contribution is 9.09. The van der Waals surface area contributed by atoms with E-state index in [1.54, 1.807) is 0 Å². The van der Waals surface area contributed by atoms with E-state index in [1.165, 1.54) is 19.3 Å². The van der Waals surface area contributed by atoms with E-state index in [4.69, 9.17) is 9.47 Å². The molecule has 0 aromatic heterocycles. The van der Waals surface area contributed by atoms with Gasteiger partial charge in [0.1, 0.15) is 5.60 Å². The fourth-order valence-corrected chi connectivity index (χ4v) is 2.61. The molecule has 1 rings (SSSR count). The van der Waals surface area contributed by atoms with Crippen LogP contribution in [0.15, 0.2) is 0 Å². The standard InChI is InChI=1S/C15H28BrNO3/c1-14(2,3)20-13(18)17-11-15(4,10-16)19-12-8-6-5-7-9-12/h12H,5-11H2,1-4H3,(H,17,18). The summed E-state index contributed by atoms with van der Waals surface area (Å²) in [6.07, 6.45) is 5.94. The van der Waals surface area contributed by atoms with Crippen molar-refractivity contribution in [3.8, 4) is 0 Å². The molecule has 0 spiro atoms. The summed E-state index contributed by atoms with van der Waals surface area (Å²) in [4.78, 5) is 11.7. The molecule has 0 bridgehead atoms. The van der Waals surface area contributed by atoms with Crippen molar-refractivity contribution in [2.75, 3.05) is 11.9 Å². The number of amides is 1. The van der Waals surface area contributed by atoms with Gasteiger partial charge in [0.25, 0.3) is 0 Å². The largest absolute Gasteiger partial charge is 0.444 e. The predicted molar refractivity (Wildman–Crippen MR) is 84.4 cm³/mol. The molecule has 1 N–H and O–H groups in total. The van der Waals surface area contributed by atoms with Crippen LogP contribution in [0.2, 0.25) is 0 Å². The first kappa shape index (κ1) is 17.8. The van der Waals surface area contributed by atoms with Gasteiger partial charge in [-0.1, -0.05) is 35.2 Å². The molecular formula is C15H28BrNO3. The minimum absolute atomic E-state index is 0.312. The van der Waals surface area contributed by atoms with E-state index >= 15 is 0 Å². The summed E-state index contributed by atoms with van der Waals surface area (Å²) >= 11 is 3.49. The highest BCUT2D eigenvalue weighted by Gasteiger charge is 2.30. The lowest BCUT2D eigenvalue weighted by atomic mass is 9.97. The second kappa shape index (κ2) is 7.64. The summed E-state index contributed by atoms with van der Waals surface area (Å²) in [5, 5.41) is 3.49. The van der Waals surface area contributed by atoms with E-state index in [0.29, 0.717) is 18.0 Å². The van der Waals surface area contributed by atoms with Crippen LogP contribution in [0.5, 0.6) is 0 Å². The van der Waals surface area contributed by atoms with Crippen LogP contribution in [0.3, 0.4) is 0 Å². The molecule has 1 atom stereocenters. The summed E-state index contributed by atoms with van der Waals surface area (Å²) in [5.41, 5.74) is -0.863. The number of carbonyl (C=O) groups excluding carboxylic acids is 1. The fourth-order valence-electron chi connectivity index (χ4n) is 2.28. The first-order valence-corrected chi connectivity index (χ1v) is 8.57. The average Bonchev–Trinajstić information content (AvgIpc) is 2.36. The molecule has 1 saturated carbocycles. The average molecular weight is 350 g/mol. The summed E-state index contributed by atoms with van der Waals surface area (Å²) < 4.78 is 11.4. The number of alkyl carbamates (subject to hydrolysis) is 1. The van der Waals surface area contributed by atoms with Crippen LogP contribution < -0.4 is 5.32 Å². The van der Waals surface area contributed by atoms with Gasteiger partial charge in [-0.2, -0.15) is 0 Å². The number of halogens is 1. The van der Waals surface area contributed by atoms with Crippen LogP contribution in [-0.2, 0) is 9.47 Å². The number of nitrogens with one attached hydrogen (secondary N) is 1. The Kier molecular flexibility index (Phi) is 6.79. The number of ether oxygens (including phenoxy) is 2. The summed E-state index contributed by atoms with van der Waals surface area (Å²) in [6, 6.07) is 0. The molecule has 0 saturated heterocycles. The molecule has 4 nitrogen and oxygen atoms in total. The smallest absolute Gasteiger partial charge is 0.407 e. The molecule has 0 aliphatic heterocycles. The van der Waals surface area contributed by atoms with E-state index in [1.807, 2.05) is 27.7 Å². The second-order valence-electron chi connectivity index (χ2n) is 6.82.